The van der Waals surface area contributed by atoms with E-state index in [9.17, 15) is 14.0 Å². The third-order valence-corrected chi connectivity index (χ3v) is 4.35. The van der Waals surface area contributed by atoms with Crippen LogP contribution in [0.4, 0.5) is 10.1 Å². The molecular formula is C18H18Cl2FN3O2. The molecule has 0 fully saturated rings. The number of nitrogens with one attached hydrogen (secondary N) is 3. The molecule has 2 aromatic rings. The number of halogens is 3. The molecule has 0 aliphatic heterocycles. The van der Waals surface area contributed by atoms with Crippen molar-refractivity contribution >= 4 is 40.7 Å². The molecule has 2 aromatic carbocycles. The van der Waals surface area contributed by atoms with Gasteiger partial charge in [-0.3, -0.25) is 9.59 Å². The fraction of sp³-hybridized carbons (Fsp3) is 0.222. The van der Waals surface area contributed by atoms with E-state index in [-0.39, 0.29) is 29.4 Å². The van der Waals surface area contributed by atoms with E-state index in [1.165, 1.54) is 12.1 Å². The standard InChI is InChI=1S/C18H18Cl2FN3O2/c1-10(13-7-16(21)15(20)8-14(13)19)23-9-17(25)24-12-5-3-11(4-6-12)18(26)22-2/h3-8,10,23H,9H2,1-2H3,(H,22,26)(H,24,25)/t10-/m1/s1. The number of anilines is 1. The van der Waals surface area contributed by atoms with E-state index < -0.39 is 5.82 Å². The zero-order valence-electron chi connectivity index (χ0n) is 14.2. The van der Waals surface area contributed by atoms with E-state index in [1.807, 2.05) is 0 Å². The topological polar surface area (TPSA) is 70.2 Å². The summed E-state index contributed by atoms with van der Waals surface area (Å²) in [5, 5.41) is 8.47. The van der Waals surface area contributed by atoms with Gasteiger partial charge in [0.2, 0.25) is 5.91 Å². The molecule has 0 radical (unpaired) electrons. The van der Waals surface area contributed by atoms with Crippen LogP contribution in [0.3, 0.4) is 0 Å². The van der Waals surface area contributed by atoms with E-state index in [1.54, 1.807) is 38.2 Å². The summed E-state index contributed by atoms with van der Waals surface area (Å²) in [5.41, 5.74) is 1.57. The van der Waals surface area contributed by atoms with Crippen LogP contribution in [0.2, 0.25) is 10.0 Å². The predicted molar refractivity (Wildman–Crippen MR) is 101 cm³/mol. The second kappa shape index (κ2) is 8.98. The van der Waals surface area contributed by atoms with Gasteiger partial charge in [0, 0.05) is 29.4 Å². The average Bonchev–Trinajstić information content (AvgIpc) is 2.62. The Kier molecular flexibility index (Phi) is 6.97. The van der Waals surface area contributed by atoms with Gasteiger partial charge in [0.25, 0.3) is 5.91 Å². The molecular weight excluding hydrogens is 380 g/mol. The molecule has 0 aliphatic rings. The highest BCUT2D eigenvalue weighted by Gasteiger charge is 2.14. The van der Waals surface area contributed by atoms with Crippen LogP contribution in [-0.2, 0) is 4.79 Å². The molecule has 26 heavy (non-hydrogen) atoms. The van der Waals surface area contributed by atoms with Gasteiger partial charge in [-0.15, -0.1) is 0 Å². The Hall–Kier alpha value is -2.15. The van der Waals surface area contributed by atoms with Crippen molar-refractivity contribution in [2.24, 2.45) is 0 Å². The molecule has 0 saturated heterocycles. The highest BCUT2D eigenvalue weighted by atomic mass is 35.5. The minimum absolute atomic E-state index is 0.00105. The lowest BCUT2D eigenvalue weighted by atomic mass is 10.1. The minimum Gasteiger partial charge on any atom is -0.355 e. The molecule has 0 unspecified atom stereocenters. The van der Waals surface area contributed by atoms with Crippen molar-refractivity contribution < 1.29 is 14.0 Å². The third-order valence-electron chi connectivity index (χ3n) is 3.73. The van der Waals surface area contributed by atoms with Gasteiger partial charge in [-0.2, -0.15) is 0 Å². The first-order chi connectivity index (χ1) is 12.3. The zero-order chi connectivity index (χ0) is 19.3. The summed E-state index contributed by atoms with van der Waals surface area (Å²) >= 11 is 11.7. The van der Waals surface area contributed by atoms with Crippen LogP contribution in [0.15, 0.2) is 36.4 Å². The Balaban J connectivity index is 1.92. The second-order valence-corrected chi connectivity index (χ2v) is 6.41. The number of carbonyl (C=O) groups excluding carboxylic acids is 2. The van der Waals surface area contributed by atoms with Crippen LogP contribution < -0.4 is 16.0 Å². The van der Waals surface area contributed by atoms with Crippen molar-refractivity contribution in [3.05, 3.63) is 63.4 Å². The van der Waals surface area contributed by atoms with Crippen molar-refractivity contribution in [1.29, 1.82) is 0 Å². The lowest BCUT2D eigenvalue weighted by Gasteiger charge is -2.16. The monoisotopic (exact) mass is 397 g/mol. The SMILES string of the molecule is CNC(=O)c1ccc(NC(=O)CN[C@H](C)c2cc(F)c(Cl)cc2Cl)cc1. The molecule has 0 aliphatic carbocycles. The molecule has 8 heteroatoms. The zero-order valence-corrected chi connectivity index (χ0v) is 15.7. The largest absolute Gasteiger partial charge is 0.355 e. The highest BCUT2D eigenvalue weighted by molar-refractivity contribution is 6.35. The molecule has 138 valence electrons. The number of benzene rings is 2. The van der Waals surface area contributed by atoms with Crippen LogP contribution >= 0.6 is 23.2 Å². The average molecular weight is 398 g/mol. The van der Waals surface area contributed by atoms with E-state index in [2.05, 4.69) is 16.0 Å². The van der Waals surface area contributed by atoms with Crippen LogP contribution in [0, 0.1) is 5.82 Å². The van der Waals surface area contributed by atoms with Crippen molar-refractivity contribution in [1.82, 2.24) is 10.6 Å². The number of carbonyl (C=O) groups is 2. The third kappa shape index (κ3) is 5.17. The van der Waals surface area contributed by atoms with Crippen molar-refractivity contribution in [3.8, 4) is 0 Å². The van der Waals surface area contributed by atoms with Gasteiger partial charge in [0.05, 0.1) is 11.6 Å². The van der Waals surface area contributed by atoms with Gasteiger partial charge in [-0.25, -0.2) is 4.39 Å². The van der Waals surface area contributed by atoms with Crippen molar-refractivity contribution in [2.75, 3.05) is 18.9 Å². The van der Waals surface area contributed by atoms with Crippen LogP contribution in [-0.4, -0.2) is 25.4 Å². The predicted octanol–water partition coefficient (Wildman–Crippen LogP) is 3.78. The van der Waals surface area contributed by atoms with Gasteiger partial charge in [-0.05, 0) is 48.9 Å². The molecule has 5 nitrogen and oxygen atoms in total. The van der Waals surface area contributed by atoms with Gasteiger partial charge < -0.3 is 16.0 Å². The van der Waals surface area contributed by atoms with Gasteiger partial charge in [0.1, 0.15) is 5.82 Å². The molecule has 3 N–H and O–H groups in total. The lowest BCUT2D eigenvalue weighted by molar-refractivity contribution is -0.115. The number of rotatable bonds is 6. The Morgan fingerprint density at radius 1 is 1.12 bits per heavy atom. The van der Waals surface area contributed by atoms with Crippen LogP contribution in [0.5, 0.6) is 0 Å². The quantitative estimate of drug-likeness (QED) is 0.649. The van der Waals surface area contributed by atoms with Gasteiger partial charge in [0.15, 0.2) is 0 Å². The number of hydrogen-bond acceptors (Lipinski definition) is 3. The Labute approximate surface area is 160 Å². The molecule has 0 aromatic heterocycles. The molecule has 0 heterocycles. The first-order valence-corrected chi connectivity index (χ1v) is 8.57. The normalized spacial score (nSPS) is 11.7. The van der Waals surface area contributed by atoms with E-state index in [0.29, 0.717) is 21.8 Å². The van der Waals surface area contributed by atoms with Gasteiger partial charge in [-0.1, -0.05) is 23.2 Å². The van der Waals surface area contributed by atoms with Gasteiger partial charge >= 0.3 is 0 Å². The maximum absolute atomic E-state index is 13.6. The molecule has 2 rings (SSSR count). The molecule has 0 spiro atoms. The minimum atomic E-state index is -0.569. The fourth-order valence-electron chi connectivity index (χ4n) is 2.28. The summed E-state index contributed by atoms with van der Waals surface area (Å²) < 4.78 is 13.6. The number of amides is 2. The maximum atomic E-state index is 13.6. The van der Waals surface area contributed by atoms with Crippen LogP contribution in [0.25, 0.3) is 0 Å². The molecule has 0 saturated carbocycles. The van der Waals surface area contributed by atoms with Crippen molar-refractivity contribution in [2.45, 2.75) is 13.0 Å². The van der Waals surface area contributed by atoms with Crippen molar-refractivity contribution in [3.63, 3.8) is 0 Å². The summed E-state index contributed by atoms with van der Waals surface area (Å²) in [6.07, 6.45) is 0. The van der Waals surface area contributed by atoms with Crippen LogP contribution in [0.1, 0.15) is 28.9 Å². The Morgan fingerprint density at radius 2 is 1.77 bits per heavy atom. The summed E-state index contributed by atoms with van der Waals surface area (Å²) in [5.74, 6) is -1.05. The summed E-state index contributed by atoms with van der Waals surface area (Å²) in [7, 11) is 1.55. The van der Waals surface area contributed by atoms with E-state index >= 15 is 0 Å². The van der Waals surface area contributed by atoms with E-state index in [0.717, 1.165) is 0 Å². The molecule has 2 amide bonds. The first-order valence-electron chi connectivity index (χ1n) is 7.81. The highest BCUT2D eigenvalue weighted by Crippen LogP contribution is 2.28. The summed E-state index contributed by atoms with van der Waals surface area (Å²) in [4.78, 5) is 23.5. The second-order valence-electron chi connectivity index (χ2n) is 5.60. The van der Waals surface area contributed by atoms with E-state index in [4.69, 9.17) is 23.2 Å². The maximum Gasteiger partial charge on any atom is 0.251 e. The summed E-state index contributed by atoms with van der Waals surface area (Å²) in [6.45, 7) is 1.76. The number of hydrogen-bond donors (Lipinski definition) is 3. The smallest absolute Gasteiger partial charge is 0.251 e. The lowest BCUT2D eigenvalue weighted by Crippen LogP contribution is -2.30. The Morgan fingerprint density at radius 3 is 2.38 bits per heavy atom. The molecule has 0 bridgehead atoms. The summed E-state index contributed by atoms with van der Waals surface area (Å²) in [6, 6.07) is 8.73. The first kappa shape index (κ1) is 20.2. The Bertz CT molecular complexity index is 813. The fourth-order valence-corrected chi connectivity index (χ4v) is 2.83. The molecule has 1 atom stereocenters.